The van der Waals surface area contributed by atoms with E-state index in [2.05, 4.69) is 4.98 Å². The van der Waals surface area contributed by atoms with Gasteiger partial charge in [0, 0.05) is 33.4 Å². The maximum Gasteiger partial charge on any atom is 0.270 e. The van der Waals surface area contributed by atoms with Gasteiger partial charge in [-0.05, 0) is 26.0 Å². The Morgan fingerprint density at radius 3 is 2.65 bits per heavy atom. The number of nitro groups is 1. The number of aromatic nitrogens is 1. The number of rotatable bonds is 4. The van der Waals surface area contributed by atoms with Gasteiger partial charge in [-0.2, -0.15) is 0 Å². The maximum absolute atomic E-state index is 10.9. The third kappa shape index (κ3) is 3.08. The third-order valence-corrected chi connectivity index (χ3v) is 4.44. The molecule has 0 saturated carbocycles. The molecule has 2 aromatic rings. The maximum atomic E-state index is 10.9. The summed E-state index contributed by atoms with van der Waals surface area (Å²) >= 11 is 1.50. The Labute approximate surface area is 121 Å². The van der Waals surface area contributed by atoms with Crippen molar-refractivity contribution in [2.24, 2.45) is 0 Å². The molecule has 6 heteroatoms. The molecule has 0 radical (unpaired) electrons. The first-order valence-electron chi connectivity index (χ1n) is 6.29. The molecular formula is C14H16N2O3S. The Kier molecular flexibility index (Phi) is 4.25. The molecule has 5 nitrogen and oxygen atoms in total. The molecule has 20 heavy (non-hydrogen) atoms. The molecule has 0 saturated heterocycles. The first-order valence-corrected chi connectivity index (χ1v) is 7.17. The van der Waals surface area contributed by atoms with Crippen molar-refractivity contribution < 1.29 is 10.0 Å². The lowest BCUT2D eigenvalue weighted by Gasteiger charge is -2.15. The molecule has 0 amide bonds. The smallest absolute Gasteiger partial charge is 0.270 e. The van der Waals surface area contributed by atoms with Crippen LogP contribution in [0.25, 0.3) is 10.9 Å². The summed E-state index contributed by atoms with van der Waals surface area (Å²) in [4.78, 5) is 15.8. The van der Waals surface area contributed by atoms with E-state index >= 15 is 0 Å². The van der Waals surface area contributed by atoms with E-state index in [1.807, 2.05) is 19.9 Å². The number of aryl methyl sites for hydroxylation is 1. The minimum atomic E-state index is -0.456. The molecule has 0 aliphatic heterocycles. The molecule has 0 bridgehead atoms. The van der Waals surface area contributed by atoms with Gasteiger partial charge in [-0.3, -0.25) is 15.1 Å². The first-order chi connectivity index (χ1) is 9.38. The van der Waals surface area contributed by atoms with E-state index < -0.39 is 11.0 Å². The molecule has 0 aliphatic rings. The van der Waals surface area contributed by atoms with Crippen molar-refractivity contribution in [3.8, 4) is 0 Å². The summed E-state index contributed by atoms with van der Waals surface area (Å²) < 4.78 is 0. The van der Waals surface area contributed by atoms with Crippen molar-refractivity contribution >= 4 is 28.4 Å². The van der Waals surface area contributed by atoms with Crippen LogP contribution in [0.3, 0.4) is 0 Å². The SMILES string of the molecule is Cc1cc(SC(C)C(C)O)c2cc([N+](=O)[O-])ccc2n1. The number of aliphatic hydroxyl groups is 1. The van der Waals surface area contributed by atoms with Crippen LogP contribution in [-0.2, 0) is 0 Å². The number of hydrogen-bond donors (Lipinski definition) is 1. The van der Waals surface area contributed by atoms with E-state index in [0.717, 1.165) is 21.5 Å². The predicted octanol–water partition coefficient (Wildman–Crippen LogP) is 3.31. The summed E-state index contributed by atoms with van der Waals surface area (Å²) in [5.41, 5.74) is 1.64. The van der Waals surface area contributed by atoms with Gasteiger partial charge in [0.1, 0.15) is 0 Å². The third-order valence-electron chi connectivity index (χ3n) is 3.09. The molecule has 1 aromatic carbocycles. The van der Waals surface area contributed by atoms with E-state index in [1.54, 1.807) is 19.1 Å². The summed E-state index contributed by atoms with van der Waals surface area (Å²) in [5, 5.41) is 21.3. The van der Waals surface area contributed by atoms with E-state index in [0.29, 0.717) is 0 Å². The number of aliphatic hydroxyl groups excluding tert-OH is 1. The Bertz CT molecular complexity index is 658. The fourth-order valence-corrected chi connectivity index (χ4v) is 2.94. The van der Waals surface area contributed by atoms with Crippen LogP contribution < -0.4 is 0 Å². The van der Waals surface area contributed by atoms with Crippen LogP contribution in [0.2, 0.25) is 0 Å². The van der Waals surface area contributed by atoms with Crippen LogP contribution in [0.15, 0.2) is 29.2 Å². The van der Waals surface area contributed by atoms with Gasteiger partial charge < -0.3 is 5.11 Å². The molecule has 2 unspecified atom stereocenters. The van der Waals surface area contributed by atoms with E-state index in [4.69, 9.17) is 0 Å². The number of pyridine rings is 1. The highest BCUT2D eigenvalue weighted by Gasteiger charge is 2.15. The van der Waals surface area contributed by atoms with Crippen molar-refractivity contribution in [2.45, 2.75) is 37.0 Å². The zero-order valence-corrected chi connectivity index (χ0v) is 12.3. The van der Waals surface area contributed by atoms with Crippen molar-refractivity contribution in [3.05, 3.63) is 40.1 Å². The van der Waals surface area contributed by atoms with Crippen LogP contribution in [0.4, 0.5) is 5.69 Å². The number of benzene rings is 1. The van der Waals surface area contributed by atoms with E-state index in [-0.39, 0.29) is 10.9 Å². The first kappa shape index (κ1) is 14.7. The Morgan fingerprint density at radius 1 is 1.35 bits per heavy atom. The fourth-order valence-electron chi connectivity index (χ4n) is 1.82. The molecule has 2 atom stereocenters. The van der Waals surface area contributed by atoms with Crippen molar-refractivity contribution in [1.29, 1.82) is 0 Å². The van der Waals surface area contributed by atoms with Crippen molar-refractivity contribution in [1.82, 2.24) is 4.98 Å². The van der Waals surface area contributed by atoms with Crippen LogP contribution in [0.1, 0.15) is 19.5 Å². The van der Waals surface area contributed by atoms with Gasteiger partial charge in [0.2, 0.25) is 0 Å². The monoisotopic (exact) mass is 292 g/mol. The lowest BCUT2D eigenvalue weighted by atomic mass is 10.2. The lowest BCUT2D eigenvalue weighted by Crippen LogP contribution is -2.14. The molecule has 0 spiro atoms. The van der Waals surface area contributed by atoms with Crippen molar-refractivity contribution in [2.75, 3.05) is 0 Å². The van der Waals surface area contributed by atoms with Gasteiger partial charge in [-0.1, -0.05) is 6.92 Å². The molecular weight excluding hydrogens is 276 g/mol. The fraction of sp³-hybridized carbons (Fsp3) is 0.357. The summed E-state index contributed by atoms with van der Waals surface area (Å²) in [6.07, 6.45) is -0.456. The largest absolute Gasteiger partial charge is 0.392 e. The highest BCUT2D eigenvalue weighted by Crippen LogP contribution is 2.33. The molecule has 0 fully saturated rings. The van der Waals surface area contributed by atoms with E-state index in [1.165, 1.54) is 17.8 Å². The number of fused-ring (bicyclic) bond motifs is 1. The molecule has 1 heterocycles. The second-order valence-electron chi connectivity index (χ2n) is 4.78. The number of nitrogens with zero attached hydrogens (tertiary/aromatic N) is 2. The number of nitro benzene ring substituents is 1. The minimum absolute atomic E-state index is 0.000683. The highest BCUT2D eigenvalue weighted by molar-refractivity contribution is 8.00. The Hall–Kier alpha value is -1.66. The average Bonchev–Trinajstić information content (AvgIpc) is 2.37. The van der Waals surface area contributed by atoms with Gasteiger partial charge >= 0.3 is 0 Å². The second kappa shape index (κ2) is 5.76. The number of hydrogen-bond acceptors (Lipinski definition) is 5. The van der Waals surface area contributed by atoms with Gasteiger partial charge in [0.15, 0.2) is 0 Å². The van der Waals surface area contributed by atoms with Crippen LogP contribution in [-0.4, -0.2) is 26.4 Å². The van der Waals surface area contributed by atoms with Gasteiger partial charge in [0.05, 0.1) is 16.5 Å². The predicted molar refractivity (Wildman–Crippen MR) is 80.1 cm³/mol. The van der Waals surface area contributed by atoms with Crippen LogP contribution >= 0.6 is 11.8 Å². The minimum Gasteiger partial charge on any atom is -0.392 e. The summed E-state index contributed by atoms with van der Waals surface area (Å²) in [6.45, 7) is 5.54. The molecule has 0 aliphatic carbocycles. The summed E-state index contributed by atoms with van der Waals surface area (Å²) in [6, 6.07) is 6.56. The van der Waals surface area contributed by atoms with Crippen LogP contribution in [0, 0.1) is 17.0 Å². The normalized spacial score (nSPS) is 14.2. The zero-order chi connectivity index (χ0) is 14.9. The summed E-state index contributed by atoms with van der Waals surface area (Å²) in [5.74, 6) is 0. The molecule has 1 N–H and O–H groups in total. The van der Waals surface area contributed by atoms with Crippen LogP contribution in [0.5, 0.6) is 0 Å². The average molecular weight is 292 g/mol. The topological polar surface area (TPSA) is 76.3 Å². The summed E-state index contributed by atoms with van der Waals surface area (Å²) in [7, 11) is 0. The Balaban J connectivity index is 2.55. The highest BCUT2D eigenvalue weighted by atomic mass is 32.2. The zero-order valence-electron chi connectivity index (χ0n) is 11.5. The number of non-ortho nitro benzene ring substituents is 1. The Morgan fingerprint density at radius 2 is 2.05 bits per heavy atom. The molecule has 2 rings (SSSR count). The quantitative estimate of drug-likeness (QED) is 0.531. The lowest BCUT2D eigenvalue weighted by molar-refractivity contribution is -0.384. The van der Waals surface area contributed by atoms with Gasteiger partial charge in [-0.15, -0.1) is 11.8 Å². The molecule has 106 valence electrons. The van der Waals surface area contributed by atoms with E-state index in [9.17, 15) is 15.2 Å². The van der Waals surface area contributed by atoms with Gasteiger partial charge in [0.25, 0.3) is 5.69 Å². The van der Waals surface area contributed by atoms with Crippen molar-refractivity contribution in [3.63, 3.8) is 0 Å². The van der Waals surface area contributed by atoms with Gasteiger partial charge in [-0.25, -0.2) is 0 Å². The second-order valence-corrected chi connectivity index (χ2v) is 6.20. The number of thioether (sulfide) groups is 1. The molecule has 1 aromatic heterocycles. The standard InChI is InChI=1S/C14H16N2O3S/c1-8-6-14(20-10(3)9(2)17)12-7-11(16(18)19)4-5-13(12)15-8/h4-7,9-10,17H,1-3H3.